The minimum atomic E-state index is -0.235. The molecule has 0 saturated heterocycles. The average molecular weight is 429 g/mol. The normalized spacial score (nSPS) is 11.8. The molecule has 2 heterocycles. The summed E-state index contributed by atoms with van der Waals surface area (Å²) in [6.45, 7) is 13.2. The van der Waals surface area contributed by atoms with Gasteiger partial charge in [0.2, 0.25) is 11.8 Å². The van der Waals surface area contributed by atoms with Gasteiger partial charge in [-0.1, -0.05) is 75.7 Å². The van der Waals surface area contributed by atoms with Gasteiger partial charge in [0.25, 0.3) is 0 Å². The topological polar surface area (TPSA) is 98.7 Å². The first-order chi connectivity index (χ1) is 14.2. The highest BCUT2D eigenvalue weighted by Crippen LogP contribution is 2.27. The smallest absolute Gasteiger partial charge is 0.322 e. The lowest BCUT2D eigenvalue weighted by atomic mass is 9.87. The molecule has 9 heteroatoms. The van der Waals surface area contributed by atoms with E-state index in [4.69, 9.17) is 4.42 Å². The van der Waals surface area contributed by atoms with Crippen LogP contribution in [0.5, 0.6) is 0 Å². The number of amides is 1. The monoisotopic (exact) mass is 428 g/mol. The summed E-state index contributed by atoms with van der Waals surface area (Å²) >= 11 is 1.32. The molecule has 1 amide bonds. The Morgan fingerprint density at radius 1 is 1.13 bits per heavy atom. The molecule has 0 aliphatic carbocycles. The third kappa shape index (κ3) is 5.08. The molecular formula is C21H28N6O2S. The molecule has 8 nitrogen and oxygen atoms in total. The number of carbonyl (C=O) groups excluding carboxylic acids is 1. The van der Waals surface area contributed by atoms with Gasteiger partial charge in [0.05, 0.1) is 5.75 Å². The van der Waals surface area contributed by atoms with Gasteiger partial charge in [-0.3, -0.25) is 10.1 Å². The maximum absolute atomic E-state index is 12.3. The van der Waals surface area contributed by atoms with Gasteiger partial charge in [0.1, 0.15) is 0 Å². The van der Waals surface area contributed by atoms with Crippen molar-refractivity contribution in [2.24, 2.45) is 0 Å². The molecule has 0 bridgehead atoms. The van der Waals surface area contributed by atoms with E-state index in [9.17, 15) is 4.79 Å². The fourth-order valence-corrected chi connectivity index (χ4v) is 3.62. The third-order valence-electron chi connectivity index (χ3n) is 4.56. The van der Waals surface area contributed by atoms with Gasteiger partial charge in [-0.05, 0) is 17.9 Å². The SMILES string of the molecule is CCn1c(SCC(=O)Nc2nnc(C(C)C)o2)nnc1-c1ccc(C(C)(C)C)cc1. The van der Waals surface area contributed by atoms with Gasteiger partial charge >= 0.3 is 6.01 Å². The minimum Gasteiger partial charge on any atom is -0.408 e. The summed E-state index contributed by atoms with van der Waals surface area (Å²) in [5.74, 6) is 1.32. The van der Waals surface area contributed by atoms with Crippen LogP contribution in [0.2, 0.25) is 0 Å². The van der Waals surface area contributed by atoms with Crippen molar-refractivity contribution in [1.82, 2.24) is 25.0 Å². The Bertz CT molecular complexity index is 1000. The molecule has 160 valence electrons. The molecule has 3 aromatic rings. The van der Waals surface area contributed by atoms with E-state index in [1.807, 2.05) is 25.3 Å². The van der Waals surface area contributed by atoms with Crippen LogP contribution in [0.3, 0.4) is 0 Å². The second-order valence-electron chi connectivity index (χ2n) is 8.31. The number of benzene rings is 1. The average Bonchev–Trinajstić information content (AvgIpc) is 3.32. The van der Waals surface area contributed by atoms with E-state index in [0.717, 1.165) is 11.4 Å². The zero-order chi connectivity index (χ0) is 21.9. The van der Waals surface area contributed by atoms with Crippen molar-refractivity contribution in [2.75, 3.05) is 11.1 Å². The molecule has 1 aromatic carbocycles. The number of anilines is 1. The van der Waals surface area contributed by atoms with Gasteiger partial charge < -0.3 is 8.98 Å². The Labute approximate surface area is 180 Å². The number of thioether (sulfide) groups is 1. The van der Waals surface area contributed by atoms with Crippen molar-refractivity contribution in [3.63, 3.8) is 0 Å². The maximum Gasteiger partial charge on any atom is 0.322 e. The number of rotatable bonds is 7. The number of carbonyl (C=O) groups is 1. The zero-order valence-electron chi connectivity index (χ0n) is 18.3. The summed E-state index contributed by atoms with van der Waals surface area (Å²) in [5, 5.41) is 19.7. The fourth-order valence-electron chi connectivity index (χ4n) is 2.82. The highest BCUT2D eigenvalue weighted by Gasteiger charge is 2.18. The Morgan fingerprint density at radius 3 is 2.40 bits per heavy atom. The number of hydrogen-bond acceptors (Lipinski definition) is 7. The molecule has 0 spiro atoms. The van der Waals surface area contributed by atoms with Crippen molar-refractivity contribution >= 4 is 23.7 Å². The Kier molecular flexibility index (Phi) is 6.60. The predicted octanol–water partition coefficient (Wildman–Crippen LogP) is 4.50. The van der Waals surface area contributed by atoms with Crippen LogP contribution in [0.4, 0.5) is 6.01 Å². The number of nitrogens with one attached hydrogen (secondary N) is 1. The predicted molar refractivity (Wildman–Crippen MR) is 118 cm³/mol. The summed E-state index contributed by atoms with van der Waals surface area (Å²) in [7, 11) is 0. The number of nitrogens with zero attached hydrogens (tertiary/aromatic N) is 5. The molecule has 0 aliphatic rings. The molecule has 0 atom stereocenters. The van der Waals surface area contributed by atoms with Crippen LogP contribution in [0.1, 0.15) is 58.9 Å². The molecule has 0 unspecified atom stereocenters. The van der Waals surface area contributed by atoms with E-state index in [1.54, 1.807) is 0 Å². The molecule has 0 saturated carbocycles. The molecule has 3 rings (SSSR count). The maximum atomic E-state index is 12.3. The fraction of sp³-hybridized carbons (Fsp3) is 0.476. The number of hydrogen-bond donors (Lipinski definition) is 1. The van der Waals surface area contributed by atoms with Gasteiger partial charge in [-0.15, -0.1) is 15.3 Å². The quantitative estimate of drug-likeness (QED) is 0.553. The summed E-state index contributed by atoms with van der Waals surface area (Å²) in [6.07, 6.45) is 0. The molecule has 0 aliphatic heterocycles. The van der Waals surface area contributed by atoms with Crippen LogP contribution in [0, 0.1) is 0 Å². The zero-order valence-corrected chi connectivity index (χ0v) is 19.1. The van der Waals surface area contributed by atoms with E-state index in [0.29, 0.717) is 17.6 Å². The van der Waals surface area contributed by atoms with Crippen molar-refractivity contribution in [1.29, 1.82) is 0 Å². The van der Waals surface area contributed by atoms with Crippen molar-refractivity contribution in [3.05, 3.63) is 35.7 Å². The lowest BCUT2D eigenvalue weighted by molar-refractivity contribution is -0.113. The van der Waals surface area contributed by atoms with Crippen LogP contribution in [0.25, 0.3) is 11.4 Å². The van der Waals surface area contributed by atoms with E-state index in [1.165, 1.54) is 17.3 Å². The first kappa shape index (κ1) is 22.0. The first-order valence-corrected chi connectivity index (χ1v) is 11.0. The Hall–Kier alpha value is -2.68. The van der Waals surface area contributed by atoms with Crippen LogP contribution in [-0.2, 0) is 16.8 Å². The lowest BCUT2D eigenvalue weighted by Crippen LogP contribution is -2.15. The van der Waals surface area contributed by atoms with E-state index < -0.39 is 0 Å². The molecule has 2 aromatic heterocycles. The van der Waals surface area contributed by atoms with Gasteiger partial charge in [-0.2, -0.15) is 0 Å². The van der Waals surface area contributed by atoms with Crippen molar-refractivity contribution < 1.29 is 9.21 Å². The van der Waals surface area contributed by atoms with Crippen molar-refractivity contribution in [3.8, 4) is 11.4 Å². The second kappa shape index (κ2) is 8.99. The van der Waals surface area contributed by atoms with Crippen LogP contribution >= 0.6 is 11.8 Å². The largest absolute Gasteiger partial charge is 0.408 e. The van der Waals surface area contributed by atoms with Gasteiger partial charge in [0.15, 0.2) is 11.0 Å². The van der Waals surface area contributed by atoms with Crippen LogP contribution < -0.4 is 5.32 Å². The molecular weight excluding hydrogens is 400 g/mol. The summed E-state index contributed by atoms with van der Waals surface area (Å²) in [5.41, 5.74) is 2.36. The molecule has 0 radical (unpaired) electrons. The van der Waals surface area contributed by atoms with Crippen LogP contribution in [-0.4, -0.2) is 36.6 Å². The highest BCUT2D eigenvalue weighted by atomic mass is 32.2. The van der Waals surface area contributed by atoms with Crippen LogP contribution in [0.15, 0.2) is 33.8 Å². The third-order valence-corrected chi connectivity index (χ3v) is 5.52. The van der Waals surface area contributed by atoms with E-state index in [2.05, 4.69) is 70.7 Å². The first-order valence-electron chi connectivity index (χ1n) is 9.99. The standard InChI is InChI=1S/C21H28N6O2S/c1-7-27-17(14-8-10-15(11-9-14)21(4,5)6)23-26-20(27)30-12-16(28)22-19-25-24-18(29-19)13(2)3/h8-11,13H,7,12H2,1-6H3,(H,22,25,28). The van der Waals surface area contributed by atoms with Gasteiger partial charge in [-0.25, -0.2) is 0 Å². The number of aromatic nitrogens is 5. The molecule has 0 fully saturated rings. The summed E-state index contributed by atoms with van der Waals surface area (Å²) in [6, 6.07) is 8.50. The van der Waals surface area contributed by atoms with E-state index in [-0.39, 0.29) is 29.0 Å². The Morgan fingerprint density at radius 2 is 1.83 bits per heavy atom. The summed E-state index contributed by atoms with van der Waals surface area (Å²) < 4.78 is 7.42. The Balaban J connectivity index is 1.67. The molecule has 1 N–H and O–H groups in total. The van der Waals surface area contributed by atoms with Crippen molar-refractivity contribution in [2.45, 2.75) is 64.6 Å². The minimum absolute atomic E-state index is 0.0969. The van der Waals surface area contributed by atoms with Gasteiger partial charge in [0, 0.05) is 18.0 Å². The second-order valence-corrected chi connectivity index (χ2v) is 9.26. The van der Waals surface area contributed by atoms with E-state index >= 15 is 0 Å². The summed E-state index contributed by atoms with van der Waals surface area (Å²) in [4.78, 5) is 12.3. The highest BCUT2D eigenvalue weighted by molar-refractivity contribution is 7.99. The molecule has 30 heavy (non-hydrogen) atoms. The lowest BCUT2D eigenvalue weighted by Gasteiger charge is -2.19.